The second kappa shape index (κ2) is 6.13. The smallest absolute Gasteiger partial charge is 0.265 e. The van der Waals surface area contributed by atoms with Crippen LogP contribution in [-0.2, 0) is 17.1 Å². The number of aryl methyl sites for hydroxylation is 1. The number of sulfonamides is 1. The van der Waals surface area contributed by atoms with Gasteiger partial charge in [-0.3, -0.25) is 4.79 Å². The zero-order valence-corrected chi connectivity index (χ0v) is 13.0. The summed E-state index contributed by atoms with van der Waals surface area (Å²) in [7, 11) is -1.97. The summed E-state index contributed by atoms with van der Waals surface area (Å²) in [5.74, 6) is -0.641. The van der Waals surface area contributed by atoms with Crippen LogP contribution in [-0.4, -0.2) is 48.9 Å². The molecule has 0 aromatic carbocycles. The minimum atomic E-state index is -3.57. The summed E-state index contributed by atoms with van der Waals surface area (Å²) in [6.45, 7) is 3.40. The summed E-state index contributed by atoms with van der Waals surface area (Å²) >= 11 is 0. The van der Waals surface area contributed by atoms with E-state index in [2.05, 4.69) is 5.32 Å². The van der Waals surface area contributed by atoms with Gasteiger partial charge in [-0.05, 0) is 13.0 Å². The number of nitrogens with zero attached hydrogens (tertiary/aromatic N) is 2. The van der Waals surface area contributed by atoms with Gasteiger partial charge in [-0.1, -0.05) is 0 Å². The highest BCUT2D eigenvalue weighted by molar-refractivity contribution is 7.89. The number of rotatable bonds is 3. The fraction of sp³-hybridized carbons (Fsp3) is 0.545. The van der Waals surface area contributed by atoms with Crippen molar-refractivity contribution >= 4 is 28.3 Å². The molecule has 1 fully saturated rings. The quantitative estimate of drug-likeness (QED) is 0.786. The molecule has 0 saturated carbocycles. The number of carbonyl (C=O) groups excluding carboxylic acids is 1. The van der Waals surface area contributed by atoms with Gasteiger partial charge in [-0.25, -0.2) is 8.42 Å². The normalized spacial score (nSPS) is 20.4. The Morgan fingerprint density at radius 3 is 2.65 bits per heavy atom. The molecule has 1 aliphatic heterocycles. The van der Waals surface area contributed by atoms with Crippen molar-refractivity contribution in [2.75, 3.05) is 19.6 Å². The van der Waals surface area contributed by atoms with Gasteiger partial charge in [0.15, 0.2) is 0 Å². The lowest BCUT2D eigenvalue weighted by molar-refractivity contribution is 0.0992. The van der Waals surface area contributed by atoms with Crippen LogP contribution in [0.15, 0.2) is 17.2 Å². The summed E-state index contributed by atoms with van der Waals surface area (Å²) in [6.07, 6.45) is 1.42. The van der Waals surface area contributed by atoms with Gasteiger partial charge in [-0.15, -0.1) is 12.4 Å². The average molecular weight is 323 g/mol. The molecule has 7 nitrogen and oxygen atoms in total. The standard InChI is InChI=1S/C11H18N4O3S.ClH/c1-8-6-15(4-3-13-8)19(17,18)9-5-10(11(12)16)14(2)7-9;/h5,7-8,13H,3-4,6H2,1-2H3,(H2,12,16);1H. The second-order valence-electron chi connectivity index (χ2n) is 4.75. The van der Waals surface area contributed by atoms with Crippen molar-refractivity contribution in [3.63, 3.8) is 0 Å². The van der Waals surface area contributed by atoms with E-state index in [9.17, 15) is 13.2 Å². The van der Waals surface area contributed by atoms with Crippen LogP contribution in [0.1, 0.15) is 17.4 Å². The van der Waals surface area contributed by atoms with Crippen LogP contribution in [0, 0.1) is 0 Å². The van der Waals surface area contributed by atoms with E-state index in [1.165, 1.54) is 21.1 Å². The zero-order valence-electron chi connectivity index (χ0n) is 11.4. The van der Waals surface area contributed by atoms with Crippen molar-refractivity contribution in [2.45, 2.75) is 17.9 Å². The number of nitrogens with two attached hydrogens (primary N) is 1. The molecule has 1 aromatic rings. The van der Waals surface area contributed by atoms with E-state index in [1.54, 1.807) is 7.05 Å². The molecule has 1 atom stereocenters. The third-order valence-electron chi connectivity index (χ3n) is 3.20. The molecule has 0 spiro atoms. The van der Waals surface area contributed by atoms with Gasteiger partial charge in [0, 0.05) is 38.9 Å². The SMILES string of the molecule is CC1CN(S(=O)(=O)c2cc(C(N)=O)n(C)c2)CCN1.Cl. The molecule has 1 unspecified atom stereocenters. The van der Waals surface area contributed by atoms with Crippen molar-refractivity contribution in [1.82, 2.24) is 14.2 Å². The second-order valence-corrected chi connectivity index (χ2v) is 6.69. The van der Waals surface area contributed by atoms with E-state index in [0.717, 1.165) is 0 Å². The average Bonchev–Trinajstić information content (AvgIpc) is 2.72. The van der Waals surface area contributed by atoms with Gasteiger partial charge >= 0.3 is 0 Å². The molecule has 20 heavy (non-hydrogen) atoms. The molecule has 2 rings (SSSR count). The van der Waals surface area contributed by atoms with Crippen LogP contribution in [0.5, 0.6) is 0 Å². The Balaban J connectivity index is 0.00000200. The van der Waals surface area contributed by atoms with E-state index in [-0.39, 0.29) is 29.0 Å². The minimum absolute atomic E-state index is 0. The number of carbonyl (C=O) groups is 1. The maximum absolute atomic E-state index is 12.5. The van der Waals surface area contributed by atoms with Crippen molar-refractivity contribution in [1.29, 1.82) is 0 Å². The summed E-state index contributed by atoms with van der Waals surface area (Å²) in [5, 5.41) is 3.18. The van der Waals surface area contributed by atoms with Crippen molar-refractivity contribution in [3.05, 3.63) is 18.0 Å². The molecular weight excluding hydrogens is 304 g/mol. The van der Waals surface area contributed by atoms with Gasteiger partial charge in [0.05, 0.1) is 0 Å². The highest BCUT2D eigenvalue weighted by Gasteiger charge is 2.30. The maximum Gasteiger partial charge on any atom is 0.265 e. The number of amides is 1. The minimum Gasteiger partial charge on any atom is -0.364 e. The largest absolute Gasteiger partial charge is 0.364 e. The number of primary amides is 1. The Kier molecular flexibility index (Phi) is 5.20. The summed E-state index contributed by atoms with van der Waals surface area (Å²) in [5.41, 5.74) is 5.38. The molecule has 3 N–H and O–H groups in total. The molecule has 1 aliphatic rings. The molecule has 0 radical (unpaired) electrons. The molecule has 1 saturated heterocycles. The predicted octanol–water partition coefficient (Wildman–Crippen LogP) is -0.472. The van der Waals surface area contributed by atoms with Crippen molar-refractivity contribution in [2.24, 2.45) is 12.8 Å². The monoisotopic (exact) mass is 322 g/mol. The molecule has 9 heteroatoms. The predicted molar refractivity (Wildman–Crippen MR) is 77.4 cm³/mol. The maximum atomic E-state index is 12.5. The molecular formula is C11H19ClN4O3S. The van der Waals surface area contributed by atoms with Crippen molar-refractivity contribution < 1.29 is 13.2 Å². The van der Waals surface area contributed by atoms with E-state index < -0.39 is 15.9 Å². The number of nitrogens with one attached hydrogen (secondary N) is 1. The Bertz CT molecular complexity index is 599. The molecule has 2 heterocycles. The highest BCUT2D eigenvalue weighted by Crippen LogP contribution is 2.19. The third kappa shape index (κ3) is 3.14. The first-order valence-electron chi connectivity index (χ1n) is 6.02. The molecule has 1 amide bonds. The van der Waals surface area contributed by atoms with Gasteiger partial charge in [-0.2, -0.15) is 4.31 Å². The fourth-order valence-electron chi connectivity index (χ4n) is 2.18. The van der Waals surface area contributed by atoms with Crippen LogP contribution in [0.25, 0.3) is 0 Å². The number of hydrogen-bond donors (Lipinski definition) is 2. The van der Waals surface area contributed by atoms with Crippen LogP contribution in [0.2, 0.25) is 0 Å². The van der Waals surface area contributed by atoms with Crippen LogP contribution in [0.3, 0.4) is 0 Å². The van der Waals surface area contributed by atoms with E-state index in [0.29, 0.717) is 19.6 Å². The van der Waals surface area contributed by atoms with Crippen molar-refractivity contribution in [3.8, 4) is 0 Å². The first-order chi connectivity index (χ1) is 8.82. The summed E-state index contributed by atoms with van der Waals surface area (Å²) in [6, 6.07) is 1.44. The highest BCUT2D eigenvalue weighted by atomic mass is 35.5. The van der Waals surface area contributed by atoms with E-state index in [1.807, 2.05) is 6.92 Å². The molecule has 0 aliphatic carbocycles. The Morgan fingerprint density at radius 2 is 2.15 bits per heavy atom. The first-order valence-corrected chi connectivity index (χ1v) is 7.46. The van der Waals surface area contributed by atoms with Gasteiger partial charge in [0.25, 0.3) is 5.91 Å². The lowest BCUT2D eigenvalue weighted by Gasteiger charge is -2.30. The fourth-order valence-corrected chi connectivity index (χ4v) is 3.79. The third-order valence-corrected chi connectivity index (χ3v) is 5.03. The van der Waals surface area contributed by atoms with Crippen LogP contribution >= 0.6 is 12.4 Å². The summed E-state index contributed by atoms with van der Waals surface area (Å²) in [4.78, 5) is 11.3. The number of hydrogen-bond acceptors (Lipinski definition) is 4. The Morgan fingerprint density at radius 1 is 1.50 bits per heavy atom. The summed E-state index contributed by atoms with van der Waals surface area (Å²) < 4.78 is 27.8. The lowest BCUT2D eigenvalue weighted by atomic mass is 10.3. The van der Waals surface area contributed by atoms with Crippen LogP contribution < -0.4 is 11.1 Å². The van der Waals surface area contributed by atoms with E-state index >= 15 is 0 Å². The van der Waals surface area contributed by atoms with Gasteiger partial charge in [0.1, 0.15) is 10.6 Å². The topological polar surface area (TPSA) is 97.4 Å². The lowest BCUT2D eigenvalue weighted by Crippen LogP contribution is -2.51. The van der Waals surface area contributed by atoms with Gasteiger partial charge in [0.2, 0.25) is 10.0 Å². The Hall–Kier alpha value is -1.09. The number of halogens is 1. The first kappa shape index (κ1) is 17.0. The van der Waals surface area contributed by atoms with Gasteiger partial charge < -0.3 is 15.6 Å². The van der Waals surface area contributed by atoms with Crippen LogP contribution in [0.4, 0.5) is 0 Å². The number of aromatic nitrogens is 1. The Labute approximate surface area is 124 Å². The molecule has 114 valence electrons. The molecule has 0 bridgehead atoms. The number of piperazine rings is 1. The van der Waals surface area contributed by atoms with E-state index in [4.69, 9.17) is 5.73 Å². The molecule has 1 aromatic heterocycles. The zero-order chi connectivity index (χ0) is 14.2.